The topological polar surface area (TPSA) is 74.1 Å². The zero-order chi connectivity index (χ0) is 14.4. The Hall–Kier alpha value is -2.06. The van der Waals surface area contributed by atoms with E-state index < -0.39 is 0 Å². The second-order valence-electron chi connectivity index (χ2n) is 4.97. The van der Waals surface area contributed by atoms with E-state index in [1.165, 1.54) is 7.11 Å². The lowest BCUT2D eigenvalue weighted by Gasteiger charge is -2.11. The largest absolute Gasteiger partial charge is 0.495 e. The molecular weight excluding hydrogens is 254 g/mol. The molecule has 1 aliphatic rings. The van der Waals surface area contributed by atoms with Crippen molar-refractivity contribution in [3.05, 3.63) is 23.8 Å². The SMILES string of the molecule is COc1cc(C#N)ccc1NC(=O)CCC1CCNC1. The van der Waals surface area contributed by atoms with Gasteiger partial charge in [0.2, 0.25) is 5.91 Å². The Bertz CT molecular complexity index is 516. The van der Waals surface area contributed by atoms with Crippen molar-refractivity contribution >= 4 is 11.6 Å². The third kappa shape index (κ3) is 3.72. The Morgan fingerprint density at radius 3 is 3.10 bits per heavy atom. The lowest BCUT2D eigenvalue weighted by atomic mass is 10.0. The zero-order valence-corrected chi connectivity index (χ0v) is 11.6. The van der Waals surface area contributed by atoms with Gasteiger partial charge in [0.1, 0.15) is 5.75 Å². The second-order valence-corrected chi connectivity index (χ2v) is 4.97. The summed E-state index contributed by atoms with van der Waals surface area (Å²) in [4.78, 5) is 11.9. The number of rotatable bonds is 5. The molecule has 0 saturated carbocycles. The maximum atomic E-state index is 11.9. The Labute approximate surface area is 118 Å². The molecule has 0 radical (unpaired) electrons. The molecule has 1 atom stereocenters. The van der Waals surface area contributed by atoms with Gasteiger partial charge in [-0.2, -0.15) is 5.26 Å². The summed E-state index contributed by atoms with van der Waals surface area (Å²) in [6.45, 7) is 2.06. The van der Waals surface area contributed by atoms with E-state index in [2.05, 4.69) is 10.6 Å². The van der Waals surface area contributed by atoms with Crippen molar-refractivity contribution in [1.82, 2.24) is 5.32 Å². The van der Waals surface area contributed by atoms with Crippen molar-refractivity contribution in [3.63, 3.8) is 0 Å². The van der Waals surface area contributed by atoms with Crippen LogP contribution in [0.4, 0.5) is 5.69 Å². The quantitative estimate of drug-likeness (QED) is 0.859. The predicted octanol–water partition coefficient (Wildman–Crippen LogP) is 1.90. The van der Waals surface area contributed by atoms with E-state index in [1.54, 1.807) is 18.2 Å². The summed E-state index contributed by atoms with van der Waals surface area (Å²) in [7, 11) is 1.52. The van der Waals surface area contributed by atoms with Crippen LogP contribution in [0.3, 0.4) is 0 Å². The average Bonchev–Trinajstić information content (AvgIpc) is 2.99. The van der Waals surface area contributed by atoms with Crippen LogP contribution in [-0.2, 0) is 4.79 Å². The van der Waals surface area contributed by atoms with Gasteiger partial charge in [-0.3, -0.25) is 4.79 Å². The average molecular weight is 273 g/mol. The third-order valence-electron chi connectivity index (χ3n) is 3.55. The number of anilines is 1. The molecule has 1 aliphatic heterocycles. The van der Waals surface area contributed by atoms with Crippen LogP contribution >= 0.6 is 0 Å². The van der Waals surface area contributed by atoms with Gasteiger partial charge in [-0.15, -0.1) is 0 Å². The molecular formula is C15H19N3O2. The standard InChI is InChI=1S/C15H19N3O2/c1-20-14-8-12(9-16)2-4-13(14)18-15(19)5-3-11-6-7-17-10-11/h2,4,8,11,17H,3,5-7,10H2,1H3,(H,18,19). The summed E-state index contributed by atoms with van der Waals surface area (Å²) in [5, 5.41) is 15.0. The minimum atomic E-state index is -0.0140. The van der Waals surface area contributed by atoms with Crippen molar-refractivity contribution in [2.24, 2.45) is 5.92 Å². The van der Waals surface area contributed by atoms with Crippen LogP contribution in [0.5, 0.6) is 5.75 Å². The van der Waals surface area contributed by atoms with E-state index in [-0.39, 0.29) is 5.91 Å². The minimum absolute atomic E-state index is 0.0140. The highest BCUT2D eigenvalue weighted by molar-refractivity contribution is 5.92. The van der Waals surface area contributed by atoms with Crippen LogP contribution in [0.2, 0.25) is 0 Å². The molecule has 0 spiro atoms. The van der Waals surface area contributed by atoms with Crippen LogP contribution in [0, 0.1) is 17.2 Å². The number of benzene rings is 1. The molecule has 1 saturated heterocycles. The van der Waals surface area contributed by atoms with Crippen LogP contribution in [0.15, 0.2) is 18.2 Å². The van der Waals surface area contributed by atoms with E-state index in [0.717, 1.165) is 25.9 Å². The first kappa shape index (κ1) is 14.4. The summed E-state index contributed by atoms with van der Waals surface area (Å²) in [6.07, 6.45) is 2.56. The molecule has 1 amide bonds. The number of amides is 1. The highest BCUT2D eigenvalue weighted by Gasteiger charge is 2.16. The Balaban J connectivity index is 1.91. The monoisotopic (exact) mass is 273 g/mol. The number of methoxy groups -OCH3 is 1. The first-order chi connectivity index (χ1) is 9.72. The number of hydrogen-bond acceptors (Lipinski definition) is 4. The van der Waals surface area contributed by atoms with Gasteiger partial charge in [0.05, 0.1) is 24.4 Å². The molecule has 2 N–H and O–H groups in total. The third-order valence-corrected chi connectivity index (χ3v) is 3.55. The van der Waals surface area contributed by atoms with Gasteiger partial charge in [0, 0.05) is 12.5 Å². The molecule has 106 valence electrons. The van der Waals surface area contributed by atoms with Gasteiger partial charge in [0.25, 0.3) is 0 Å². The van der Waals surface area contributed by atoms with Crippen molar-refractivity contribution in [2.45, 2.75) is 19.3 Å². The van der Waals surface area contributed by atoms with Crippen LogP contribution in [-0.4, -0.2) is 26.1 Å². The maximum Gasteiger partial charge on any atom is 0.224 e. The van der Waals surface area contributed by atoms with E-state index >= 15 is 0 Å². The number of nitrogens with zero attached hydrogens (tertiary/aromatic N) is 1. The second kappa shape index (κ2) is 6.92. The summed E-state index contributed by atoms with van der Waals surface area (Å²) in [5.41, 5.74) is 1.12. The molecule has 5 nitrogen and oxygen atoms in total. The van der Waals surface area contributed by atoms with Gasteiger partial charge < -0.3 is 15.4 Å². The van der Waals surface area contributed by atoms with Gasteiger partial charge in [-0.05, 0) is 44.0 Å². The fourth-order valence-electron chi connectivity index (χ4n) is 2.37. The van der Waals surface area contributed by atoms with Gasteiger partial charge >= 0.3 is 0 Å². The highest BCUT2D eigenvalue weighted by Crippen LogP contribution is 2.25. The first-order valence-electron chi connectivity index (χ1n) is 6.81. The molecule has 2 rings (SSSR count). The fourth-order valence-corrected chi connectivity index (χ4v) is 2.37. The molecule has 0 aliphatic carbocycles. The van der Waals surface area contributed by atoms with Crippen molar-refractivity contribution in [3.8, 4) is 11.8 Å². The first-order valence-corrected chi connectivity index (χ1v) is 6.81. The van der Waals surface area contributed by atoms with E-state index in [1.807, 2.05) is 6.07 Å². The zero-order valence-electron chi connectivity index (χ0n) is 11.6. The van der Waals surface area contributed by atoms with Gasteiger partial charge in [0.15, 0.2) is 0 Å². The van der Waals surface area contributed by atoms with Crippen LogP contribution in [0.25, 0.3) is 0 Å². The molecule has 1 aromatic rings. The lowest BCUT2D eigenvalue weighted by molar-refractivity contribution is -0.116. The number of nitriles is 1. The Morgan fingerprint density at radius 2 is 2.45 bits per heavy atom. The number of hydrogen-bond donors (Lipinski definition) is 2. The van der Waals surface area contributed by atoms with Crippen molar-refractivity contribution < 1.29 is 9.53 Å². The Kier molecular flexibility index (Phi) is 4.97. The van der Waals surface area contributed by atoms with Crippen molar-refractivity contribution in [2.75, 3.05) is 25.5 Å². The number of ether oxygens (including phenoxy) is 1. The number of carbonyl (C=O) groups excluding carboxylic acids is 1. The molecule has 1 unspecified atom stereocenters. The molecule has 20 heavy (non-hydrogen) atoms. The maximum absolute atomic E-state index is 11.9. The lowest BCUT2D eigenvalue weighted by Crippen LogP contribution is -2.15. The summed E-state index contributed by atoms with van der Waals surface area (Å²) < 4.78 is 5.19. The highest BCUT2D eigenvalue weighted by atomic mass is 16.5. The number of nitrogens with one attached hydrogen (secondary N) is 2. The summed E-state index contributed by atoms with van der Waals surface area (Å²) in [5.74, 6) is 1.10. The minimum Gasteiger partial charge on any atom is -0.495 e. The van der Waals surface area contributed by atoms with E-state index in [9.17, 15) is 4.79 Å². The molecule has 1 aromatic carbocycles. The van der Waals surface area contributed by atoms with Crippen LogP contribution < -0.4 is 15.4 Å². The molecule has 0 bridgehead atoms. The Morgan fingerprint density at radius 1 is 1.60 bits per heavy atom. The smallest absolute Gasteiger partial charge is 0.224 e. The molecule has 0 aromatic heterocycles. The fraction of sp³-hybridized carbons (Fsp3) is 0.467. The summed E-state index contributed by atoms with van der Waals surface area (Å²) in [6, 6.07) is 7.03. The van der Waals surface area contributed by atoms with Gasteiger partial charge in [-0.1, -0.05) is 0 Å². The predicted molar refractivity (Wildman–Crippen MR) is 76.5 cm³/mol. The number of carbonyl (C=O) groups is 1. The summed E-state index contributed by atoms with van der Waals surface area (Å²) >= 11 is 0. The van der Waals surface area contributed by atoms with Crippen LogP contribution in [0.1, 0.15) is 24.8 Å². The van der Waals surface area contributed by atoms with Crippen molar-refractivity contribution in [1.29, 1.82) is 5.26 Å². The molecule has 1 fully saturated rings. The normalized spacial score (nSPS) is 17.5. The molecule has 1 heterocycles. The molecule has 5 heteroatoms. The van der Waals surface area contributed by atoms with Gasteiger partial charge in [-0.25, -0.2) is 0 Å². The van der Waals surface area contributed by atoms with E-state index in [4.69, 9.17) is 10.00 Å². The van der Waals surface area contributed by atoms with E-state index in [0.29, 0.717) is 29.3 Å².